The summed E-state index contributed by atoms with van der Waals surface area (Å²) in [4.78, 5) is 26.5. The van der Waals surface area contributed by atoms with Crippen molar-refractivity contribution in [1.29, 1.82) is 0 Å². The molecule has 170 valence electrons. The molecule has 0 aliphatic carbocycles. The Morgan fingerprint density at radius 3 is 2.84 bits per heavy atom. The molecule has 2 aliphatic rings. The van der Waals surface area contributed by atoms with E-state index in [2.05, 4.69) is 13.8 Å². The molecule has 5 nitrogen and oxygen atoms in total. The normalized spacial score (nSPS) is 19.2. The van der Waals surface area contributed by atoms with Gasteiger partial charge in [-0.25, -0.2) is 0 Å². The summed E-state index contributed by atoms with van der Waals surface area (Å²) in [5.74, 6) is 1.13. The SMILES string of the molecule is CC1(C)Cc2cc(Cl)cc(COSCCC(=O)N3C(=O)CC[C@H]3Cc3ccccc3)c2O1. The Morgan fingerprint density at radius 2 is 2.06 bits per heavy atom. The average molecular weight is 474 g/mol. The second-order valence-corrected chi connectivity index (χ2v) is 10.3. The van der Waals surface area contributed by atoms with E-state index >= 15 is 0 Å². The minimum atomic E-state index is -0.250. The van der Waals surface area contributed by atoms with Gasteiger partial charge in [-0.05, 0) is 62.0 Å². The van der Waals surface area contributed by atoms with E-state index in [9.17, 15) is 9.59 Å². The van der Waals surface area contributed by atoms with Crippen LogP contribution in [0.2, 0.25) is 5.02 Å². The van der Waals surface area contributed by atoms with Crippen LogP contribution in [0.4, 0.5) is 0 Å². The van der Waals surface area contributed by atoms with Gasteiger partial charge in [-0.1, -0.05) is 41.9 Å². The van der Waals surface area contributed by atoms with Gasteiger partial charge >= 0.3 is 0 Å². The number of fused-ring (bicyclic) bond motifs is 1. The van der Waals surface area contributed by atoms with Crippen LogP contribution < -0.4 is 4.74 Å². The van der Waals surface area contributed by atoms with Crippen molar-refractivity contribution in [3.8, 4) is 5.75 Å². The average Bonchev–Trinajstić information content (AvgIpc) is 3.26. The van der Waals surface area contributed by atoms with Gasteiger partial charge in [-0.3, -0.25) is 14.5 Å². The van der Waals surface area contributed by atoms with E-state index < -0.39 is 0 Å². The molecule has 0 spiro atoms. The predicted molar refractivity (Wildman–Crippen MR) is 127 cm³/mol. The summed E-state index contributed by atoms with van der Waals surface area (Å²) in [6.07, 6.45) is 2.94. The zero-order chi connectivity index (χ0) is 22.7. The minimum Gasteiger partial charge on any atom is -0.487 e. The highest BCUT2D eigenvalue weighted by atomic mass is 35.5. The number of nitrogens with zero attached hydrogens (tertiary/aromatic N) is 1. The van der Waals surface area contributed by atoms with Crippen molar-refractivity contribution < 1.29 is 18.5 Å². The molecular weight excluding hydrogens is 446 g/mol. The number of benzene rings is 2. The Bertz CT molecular complexity index is 995. The second-order valence-electron chi connectivity index (χ2n) is 8.97. The summed E-state index contributed by atoms with van der Waals surface area (Å²) in [7, 11) is 0. The van der Waals surface area contributed by atoms with Crippen LogP contribution in [0.25, 0.3) is 0 Å². The number of imide groups is 1. The number of ether oxygens (including phenoxy) is 1. The number of rotatable bonds is 8. The number of hydrogen-bond donors (Lipinski definition) is 0. The fourth-order valence-electron chi connectivity index (χ4n) is 4.43. The molecule has 1 atom stereocenters. The van der Waals surface area contributed by atoms with Crippen LogP contribution >= 0.6 is 23.6 Å². The van der Waals surface area contributed by atoms with Crippen LogP contribution in [-0.2, 0) is 33.2 Å². The monoisotopic (exact) mass is 473 g/mol. The van der Waals surface area contributed by atoms with Crippen molar-refractivity contribution in [3.63, 3.8) is 0 Å². The lowest BCUT2D eigenvalue weighted by Crippen LogP contribution is -2.39. The van der Waals surface area contributed by atoms with Gasteiger partial charge in [0.1, 0.15) is 11.4 Å². The summed E-state index contributed by atoms with van der Waals surface area (Å²) >= 11 is 7.50. The molecule has 0 unspecified atom stereocenters. The van der Waals surface area contributed by atoms with E-state index in [1.54, 1.807) is 0 Å². The molecule has 2 aromatic rings. The van der Waals surface area contributed by atoms with E-state index in [1.807, 2.05) is 42.5 Å². The van der Waals surface area contributed by atoms with Crippen molar-refractivity contribution in [2.75, 3.05) is 5.75 Å². The van der Waals surface area contributed by atoms with E-state index in [0.717, 1.165) is 35.3 Å². The molecule has 32 heavy (non-hydrogen) atoms. The molecular formula is C25H28ClNO4S. The maximum absolute atomic E-state index is 12.8. The maximum Gasteiger partial charge on any atom is 0.230 e. The number of carbonyl (C=O) groups excluding carboxylic acids is 2. The van der Waals surface area contributed by atoms with Gasteiger partial charge in [0, 0.05) is 41.6 Å². The Morgan fingerprint density at radius 1 is 1.28 bits per heavy atom. The summed E-state index contributed by atoms with van der Waals surface area (Å²) < 4.78 is 11.8. The zero-order valence-corrected chi connectivity index (χ0v) is 20.0. The van der Waals surface area contributed by atoms with Gasteiger partial charge in [0.05, 0.1) is 6.61 Å². The molecule has 7 heteroatoms. The van der Waals surface area contributed by atoms with Crippen LogP contribution in [0.15, 0.2) is 42.5 Å². The Hall–Kier alpha value is -2.02. The molecule has 0 saturated carbocycles. The van der Waals surface area contributed by atoms with Crippen molar-refractivity contribution in [1.82, 2.24) is 4.90 Å². The summed E-state index contributed by atoms with van der Waals surface area (Å²) in [5.41, 5.74) is 2.90. The van der Waals surface area contributed by atoms with Gasteiger partial charge in [0.15, 0.2) is 0 Å². The molecule has 0 radical (unpaired) electrons. The van der Waals surface area contributed by atoms with Crippen molar-refractivity contribution >= 4 is 35.5 Å². The quantitative estimate of drug-likeness (QED) is 0.381. The van der Waals surface area contributed by atoms with Crippen molar-refractivity contribution in [3.05, 3.63) is 64.2 Å². The first-order chi connectivity index (χ1) is 15.3. The molecule has 0 bridgehead atoms. The summed E-state index contributed by atoms with van der Waals surface area (Å²) in [6, 6.07) is 13.7. The van der Waals surface area contributed by atoms with Gasteiger partial charge < -0.3 is 8.92 Å². The van der Waals surface area contributed by atoms with Crippen molar-refractivity contribution in [2.24, 2.45) is 0 Å². The topological polar surface area (TPSA) is 55.8 Å². The smallest absolute Gasteiger partial charge is 0.230 e. The summed E-state index contributed by atoms with van der Waals surface area (Å²) in [5, 5.41) is 0.667. The molecule has 2 aliphatic heterocycles. The third kappa shape index (κ3) is 5.48. The molecule has 2 heterocycles. The van der Waals surface area contributed by atoms with Gasteiger partial charge in [0.25, 0.3) is 0 Å². The van der Waals surface area contributed by atoms with Crippen LogP contribution in [0, 0.1) is 0 Å². The molecule has 1 saturated heterocycles. The molecule has 0 aromatic heterocycles. The summed E-state index contributed by atoms with van der Waals surface area (Å²) in [6.45, 7) is 4.45. The minimum absolute atomic E-state index is 0.0575. The van der Waals surface area contributed by atoms with Crippen LogP contribution in [0.1, 0.15) is 49.8 Å². The second kappa shape index (κ2) is 9.86. The number of halogens is 1. The Labute approximate surface area is 198 Å². The van der Waals surface area contributed by atoms with Crippen LogP contribution in [0.5, 0.6) is 5.75 Å². The number of carbonyl (C=O) groups is 2. The lowest BCUT2D eigenvalue weighted by Gasteiger charge is -2.23. The number of likely N-dealkylation sites (tertiary alicyclic amines) is 1. The number of amides is 2. The molecule has 2 amide bonds. The van der Waals surface area contributed by atoms with E-state index in [-0.39, 0.29) is 29.9 Å². The van der Waals surface area contributed by atoms with E-state index in [1.165, 1.54) is 16.9 Å². The van der Waals surface area contributed by atoms with E-state index in [4.69, 9.17) is 20.5 Å². The molecule has 2 aromatic carbocycles. The van der Waals surface area contributed by atoms with Gasteiger partial charge in [-0.15, -0.1) is 0 Å². The maximum atomic E-state index is 12.8. The first-order valence-electron chi connectivity index (χ1n) is 11.0. The van der Waals surface area contributed by atoms with E-state index in [0.29, 0.717) is 30.2 Å². The first kappa shape index (κ1) is 23.1. The number of hydrogen-bond acceptors (Lipinski definition) is 5. The van der Waals surface area contributed by atoms with Crippen molar-refractivity contribution in [2.45, 2.75) is 64.2 Å². The molecule has 4 rings (SSSR count). The van der Waals surface area contributed by atoms with Gasteiger partial charge in [0.2, 0.25) is 11.8 Å². The predicted octanol–water partition coefficient (Wildman–Crippen LogP) is 5.37. The third-order valence-corrected chi connectivity index (χ3v) is 6.68. The van der Waals surface area contributed by atoms with Crippen LogP contribution in [-0.4, -0.2) is 34.1 Å². The highest BCUT2D eigenvalue weighted by molar-refractivity contribution is 7.94. The lowest BCUT2D eigenvalue weighted by molar-refractivity contribution is -0.143. The Balaban J connectivity index is 1.26. The zero-order valence-electron chi connectivity index (χ0n) is 18.4. The largest absolute Gasteiger partial charge is 0.487 e. The highest BCUT2D eigenvalue weighted by Crippen LogP contribution is 2.40. The fraction of sp³-hybridized carbons (Fsp3) is 0.440. The molecule has 0 N–H and O–H groups in total. The first-order valence-corrected chi connectivity index (χ1v) is 12.2. The Kier molecular flexibility index (Phi) is 7.13. The fourth-order valence-corrected chi connectivity index (χ4v) is 5.28. The van der Waals surface area contributed by atoms with Crippen LogP contribution in [0.3, 0.4) is 0 Å². The highest BCUT2D eigenvalue weighted by Gasteiger charge is 2.35. The molecule has 1 fully saturated rings. The lowest BCUT2D eigenvalue weighted by atomic mass is 10.0. The standard InChI is InChI=1S/C25H28ClNO4S/c1-25(2)15-18-13-20(26)14-19(24(18)31-25)16-30-32-11-10-23(29)27-21(8-9-22(27)28)12-17-6-4-3-5-7-17/h3-7,13-14,21H,8-12,15-16H2,1-2H3/t21-/m0/s1. The third-order valence-electron chi connectivity index (χ3n) is 5.81. The van der Waals surface area contributed by atoms with Gasteiger partial charge in [-0.2, -0.15) is 0 Å².